The van der Waals surface area contributed by atoms with E-state index in [1.54, 1.807) is 19.2 Å². The van der Waals surface area contributed by atoms with Crippen molar-refractivity contribution in [2.24, 2.45) is 0 Å². The molecule has 7 heteroatoms. The van der Waals surface area contributed by atoms with Gasteiger partial charge in [0.25, 0.3) is 5.91 Å². The Morgan fingerprint density at radius 3 is 2.81 bits per heavy atom. The Balaban J connectivity index is 1.53. The number of nitrogens with zero attached hydrogens (tertiary/aromatic N) is 1. The van der Waals surface area contributed by atoms with Gasteiger partial charge in [0.15, 0.2) is 11.5 Å². The lowest BCUT2D eigenvalue weighted by molar-refractivity contribution is -0.121. The average molecular weight is 357 g/mol. The van der Waals surface area contributed by atoms with Crippen LogP contribution in [0.4, 0.5) is 0 Å². The molecule has 1 aliphatic rings. The highest BCUT2D eigenvalue weighted by atomic mass is 16.5. The van der Waals surface area contributed by atoms with E-state index in [4.69, 9.17) is 9.26 Å². The number of benzene rings is 1. The molecule has 2 aromatic rings. The van der Waals surface area contributed by atoms with Crippen molar-refractivity contribution in [2.75, 3.05) is 13.7 Å². The van der Waals surface area contributed by atoms with Crippen molar-refractivity contribution in [3.63, 3.8) is 0 Å². The first-order chi connectivity index (χ1) is 12.7. The summed E-state index contributed by atoms with van der Waals surface area (Å²) in [7, 11) is 1.58. The number of nitrogens with one attached hydrogen (secondary N) is 2. The number of ether oxygens (including phenoxy) is 1. The van der Waals surface area contributed by atoms with Crippen LogP contribution in [-0.4, -0.2) is 36.7 Å². The summed E-state index contributed by atoms with van der Waals surface area (Å²) < 4.78 is 10.4. The molecular weight excluding hydrogens is 334 g/mol. The summed E-state index contributed by atoms with van der Waals surface area (Å²) in [5.74, 6) is 0.522. The van der Waals surface area contributed by atoms with Crippen molar-refractivity contribution in [1.29, 1.82) is 0 Å². The average Bonchev–Trinajstić information content (AvgIpc) is 3.17. The van der Waals surface area contributed by atoms with Crippen LogP contribution in [0.2, 0.25) is 0 Å². The number of aromatic nitrogens is 1. The third-order valence-corrected chi connectivity index (χ3v) is 4.48. The molecule has 0 bridgehead atoms. The van der Waals surface area contributed by atoms with Crippen LogP contribution in [0.25, 0.3) is 11.3 Å². The summed E-state index contributed by atoms with van der Waals surface area (Å²) in [6.07, 6.45) is 5.53. The molecule has 1 aromatic carbocycles. The second-order valence-electron chi connectivity index (χ2n) is 6.39. The third kappa shape index (κ3) is 4.62. The lowest BCUT2D eigenvalue weighted by atomic mass is 9.95. The van der Waals surface area contributed by atoms with Gasteiger partial charge >= 0.3 is 0 Å². The lowest BCUT2D eigenvalue weighted by Gasteiger charge is -2.22. The molecule has 0 aliphatic heterocycles. The topological polar surface area (TPSA) is 93.5 Å². The summed E-state index contributed by atoms with van der Waals surface area (Å²) in [6.45, 7) is -0.0727. The van der Waals surface area contributed by atoms with Gasteiger partial charge in [-0.25, -0.2) is 0 Å². The van der Waals surface area contributed by atoms with Gasteiger partial charge in [-0.05, 0) is 25.0 Å². The highest BCUT2D eigenvalue weighted by Crippen LogP contribution is 2.24. The summed E-state index contributed by atoms with van der Waals surface area (Å²) in [5.41, 5.74) is 0.888. The van der Waals surface area contributed by atoms with Crippen molar-refractivity contribution < 1.29 is 18.8 Å². The Morgan fingerprint density at radius 1 is 1.23 bits per heavy atom. The summed E-state index contributed by atoms with van der Waals surface area (Å²) >= 11 is 0. The van der Waals surface area contributed by atoms with Crippen molar-refractivity contribution in [1.82, 2.24) is 15.8 Å². The van der Waals surface area contributed by atoms with E-state index in [0.29, 0.717) is 11.5 Å². The Labute approximate surface area is 152 Å². The first-order valence-electron chi connectivity index (χ1n) is 8.84. The molecule has 1 saturated carbocycles. The maximum Gasteiger partial charge on any atom is 0.273 e. The van der Waals surface area contributed by atoms with Crippen LogP contribution in [-0.2, 0) is 4.79 Å². The minimum absolute atomic E-state index is 0.0727. The standard InChI is InChI=1S/C19H23N3O4/c1-25-15-9-5-6-13(10-15)17-11-16(22-26-17)19(24)20-12-18(23)21-14-7-3-2-4-8-14/h5-6,9-11,14H,2-4,7-8,12H2,1H3,(H,20,24)(H,21,23). The summed E-state index contributed by atoms with van der Waals surface area (Å²) in [5, 5.41) is 9.32. The molecule has 1 heterocycles. The molecule has 1 fully saturated rings. The van der Waals surface area contributed by atoms with Gasteiger partial charge in [0.1, 0.15) is 5.75 Å². The minimum Gasteiger partial charge on any atom is -0.497 e. The van der Waals surface area contributed by atoms with E-state index in [9.17, 15) is 9.59 Å². The van der Waals surface area contributed by atoms with Crippen LogP contribution < -0.4 is 15.4 Å². The molecule has 3 rings (SSSR count). The number of rotatable bonds is 6. The normalized spacial score (nSPS) is 14.7. The molecule has 0 spiro atoms. The number of methoxy groups -OCH3 is 1. The van der Waals surface area contributed by atoms with E-state index in [1.807, 2.05) is 18.2 Å². The summed E-state index contributed by atoms with van der Waals surface area (Å²) in [6, 6.07) is 9.04. The van der Waals surface area contributed by atoms with Crippen LogP contribution in [0.15, 0.2) is 34.9 Å². The van der Waals surface area contributed by atoms with Gasteiger partial charge in [-0.15, -0.1) is 0 Å². The maximum atomic E-state index is 12.2. The number of hydrogen-bond donors (Lipinski definition) is 2. The molecule has 0 radical (unpaired) electrons. The first-order valence-corrected chi connectivity index (χ1v) is 8.84. The van der Waals surface area contributed by atoms with Crippen molar-refractivity contribution >= 4 is 11.8 Å². The molecule has 1 aromatic heterocycles. The van der Waals surface area contributed by atoms with E-state index in [2.05, 4.69) is 15.8 Å². The Kier molecular flexibility index (Phi) is 5.88. The molecule has 1 aliphatic carbocycles. The molecule has 0 saturated heterocycles. The van der Waals surface area contributed by atoms with Gasteiger partial charge in [0, 0.05) is 17.7 Å². The quantitative estimate of drug-likeness (QED) is 0.829. The highest BCUT2D eigenvalue weighted by molar-refractivity contribution is 5.95. The molecule has 7 nitrogen and oxygen atoms in total. The zero-order chi connectivity index (χ0) is 18.4. The van der Waals surface area contributed by atoms with Crippen molar-refractivity contribution in [2.45, 2.75) is 38.1 Å². The largest absolute Gasteiger partial charge is 0.497 e. The molecule has 0 atom stereocenters. The molecule has 26 heavy (non-hydrogen) atoms. The van der Waals surface area contributed by atoms with Crippen LogP contribution in [0, 0.1) is 0 Å². The third-order valence-electron chi connectivity index (χ3n) is 4.48. The predicted molar refractivity (Wildman–Crippen MR) is 95.8 cm³/mol. The van der Waals surface area contributed by atoms with Crippen LogP contribution >= 0.6 is 0 Å². The second-order valence-corrected chi connectivity index (χ2v) is 6.39. The summed E-state index contributed by atoms with van der Waals surface area (Å²) in [4.78, 5) is 24.1. The minimum atomic E-state index is -0.443. The predicted octanol–water partition coefficient (Wildman–Crippen LogP) is 2.53. The van der Waals surface area contributed by atoms with Gasteiger partial charge in [0.2, 0.25) is 5.91 Å². The molecule has 2 amide bonds. The Morgan fingerprint density at radius 2 is 2.04 bits per heavy atom. The number of hydrogen-bond acceptors (Lipinski definition) is 5. The maximum absolute atomic E-state index is 12.2. The van der Waals surface area contributed by atoms with E-state index < -0.39 is 5.91 Å². The molecule has 2 N–H and O–H groups in total. The fourth-order valence-corrected chi connectivity index (χ4v) is 3.07. The van der Waals surface area contributed by atoms with Crippen LogP contribution in [0.1, 0.15) is 42.6 Å². The SMILES string of the molecule is COc1cccc(-c2cc(C(=O)NCC(=O)NC3CCCCC3)no2)c1. The Hall–Kier alpha value is -2.83. The molecule has 138 valence electrons. The van der Waals surface area contributed by atoms with E-state index >= 15 is 0 Å². The van der Waals surface area contributed by atoms with Gasteiger partial charge in [-0.2, -0.15) is 0 Å². The monoisotopic (exact) mass is 357 g/mol. The van der Waals surface area contributed by atoms with Crippen LogP contribution in [0.5, 0.6) is 5.75 Å². The smallest absolute Gasteiger partial charge is 0.273 e. The van der Waals surface area contributed by atoms with E-state index in [0.717, 1.165) is 31.2 Å². The van der Waals surface area contributed by atoms with Crippen LogP contribution in [0.3, 0.4) is 0 Å². The molecule has 0 unspecified atom stereocenters. The highest BCUT2D eigenvalue weighted by Gasteiger charge is 2.18. The van der Waals surface area contributed by atoms with Gasteiger partial charge in [0.05, 0.1) is 13.7 Å². The van der Waals surface area contributed by atoms with E-state index in [-0.39, 0.29) is 24.2 Å². The number of carbonyl (C=O) groups excluding carboxylic acids is 2. The number of carbonyl (C=O) groups is 2. The van der Waals surface area contributed by atoms with Crippen molar-refractivity contribution in [3.8, 4) is 17.1 Å². The fraction of sp³-hybridized carbons (Fsp3) is 0.421. The Bertz CT molecular complexity index is 766. The molecular formula is C19H23N3O4. The van der Waals surface area contributed by atoms with Gasteiger partial charge in [-0.3, -0.25) is 9.59 Å². The lowest BCUT2D eigenvalue weighted by Crippen LogP contribution is -2.42. The number of amides is 2. The zero-order valence-electron chi connectivity index (χ0n) is 14.8. The first kappa shape index (κ1) is 18.0. The fourth-order valence-electron chi connectivity index (χ4n) is 3.07. The second kappa shape index (κ2) is 8.51. The van der Waals surface area contributed by atoms with Gasteiger partial charge < -0.3 is 19.9 Å². The van der Waals surface area contributed by atoms with Crippen molar-refractivity contribution in [3.05, 3.63) is 36.0 Å². The zero-order valence-corrected chi connectivity index (χ0v) is 14.8. The van der Waals surface area contributed by atoms with Gasteiger partial charge in [-0.1, -0.05) is 36.6 Å². The van der Waals surface area contributed by atoms with E-state index in [1.165, 1.54) is 6.42 Å².